The van der Waals surface area contributed by atoms with Crippen molar-refractivity contribution in [1.29, 1.82) is 0 Å². The molecule has 1 N–H and O–H groups in total. The van der Waals surface area contributed by atoms with Crippen LogP contribution in [0, 0.1) is 11.8 Å². The van der Waals surface area contributed by atoms with Crippen molar-refractivity contribution in [2.24, 2.45) is 11.8 Å². The number of ketones is 1. The summed E-state index contributed by atoms with van der Waals surface area (Å²) in [7, 11) is 0. The molecule has 0 bridgehead atoms. The Bertz CT molecular complexity index is 491. The Labute approximate surface area is 113 Å². The molecular formula is C16H20O3. The third-order valence-electron chi connectivity index (χ3n) is 4.02. The van der Waals surface area contributed by atoms with Crippen molar-refractivity contribution >= 4 is 11.8 Å². The van der Waals surface area contributed by atoms with Crippen molar-refractivity contribution in [3.8, 4) is 0 Å². The van der Waals surface area contributed by atoms with E-state index in [1.165, 1.54) is 0 Å². The number of hydrogen-bond acceptors (Lipinski definition) is 2. The average molecular weight is 260 g/mol. The van der Waals surface area contributed by atoms with Crippen LogP contribution < -0.4 is 0 Å². The third kappa shape index (κ3) is 2.70. The second kappa shape index (κ2) is 5.55. The molecule has 1 aromatic rings. The molecule has 0 aromatic heterocycles. The summed E-state index contributed by atoms with van der Waals surface area (Å²) in [4.78, 5) is 23.8. The maximum absolute atomic E-state index is 12.6. The predicted molar refractivity (Wildman–Crippen MR) is 73.3 cm³/mol. The zero-order chi connectivity index (χ0) is 14.0. The van der Waals surface area contributed by atoms with Crippen LogP contribution in [0.1, 0.15) is 54.9 Å². The lowest BCUT2D eigenvalue weighted by atomic mass is 9.84. The van der Waals surface area contributed by atoms with Crippen molar-refractivity contribution in [2.75, 3.05) is 0 Å². The summed E-state index contributed by atoms with van der Waals surface area (Å²) in [6.45, 7) is 4.10. The molecule has 2 rings (SSSR count). The molecule has 0 aliphatic heterocycles. The molecule has 1 aliphatic carbocycles. The van der Waals surface area contributed by atoms with Crippen molar-refractivity contribution in [3.63, 3.8) is 0 Å². The highest BCUT2D eigenvalue weighted by Crippen LogP contribution is 2.35. The monoisotopic (exact) mass is 260 g/mol. The molecule has 1 saturated carbocycles. The molecule has 3 heteroatoms. The van der Waals surface area contributed by atoms with Crippen LogP contribution >= 0.6 is 0 Å². The number of carbonyl (C=O) groups is 2. The lowest BCUT2D eigenvalue weighted by Gasteiger charge is -2.18. The largest absolute Gasteiger partial charge is 0.481 e. The second-order valence-corrected chi connectivity index (χ2v) is 5.59. The van der Waals surface area contributed by atoms with Crippen LogP contribution in [0.5, 0.6) is 0 Å². The Kier molecular flexibility index (Phi) is 4.03. The van der Waals surface area contributed by atoms with E-state index in [0.29, 0.717) is 18.4 Å². The summed E-state index contributed by atoms with van der Waals surface area (Å²) in [6.07, 6.45) is 2.15. The molecular weight excluding hydrogens is 240 g/mol. The van der Waals surface area contributed by atoms with Crippen LogP contribution in [0.25, 0.3) is 0 Å². The number of carboxylic acids is 1. The fourth-order valence-corrected chi connectivity index (χ4v) is 2.99. The number of hydrogen-bond donors (Lipinski definition) is 1. The lowest BCUT2D eigenvalue weighted by molar-refractivity contribution is -0.142. The molecule has 0 unspecified atom stereocenters. The first-order valence-corrected chi connectivity index (χ1v) is 6.88. The molecule has 1 fully saturated rings. The molecule has 0 radical (unpaired) electrons. The van der Waals surface area contributed by atoms with E-state index in [0.717, 1.165) is 12.0 Å². The van der Waals surface area contributed by atoms with Crippen LogP contribution in [0.3, 0.4) is 0 Å². The summed E-state index contributed by atoms with van der Waals surface area (Å²) < 4.78 is 0. The van der Waals surface area contributed by atoms with Crippen LogP contribution in [0.2, 0.25) is 0 Å². The van der Waals surface area contributed by atoms with Crippen LogP contribution in [-0.4, -0.2) is 16.9 Å². The highest BCUT2D eigenvalue weighted by molar-refractivity contribution is 6.01. The number of carbonyl (C=O) groups excluding carboxylic acids is 1. The van der Waals surface area contributed by atoms with Gasteiger partial charge in [-0.2, -0.15) is 0 Å². The molecule has 3 nitrogen and oxygen atoms in total. The van der Waals surface area contributed by atoms with Gasteiger partial charge in [0.2, 0.25) is 0 Å². The van der Waals surface area contributed by atoms with E-state index in [1.807, 2.05) is 24.3 Å². The molecule has 102 valence electrons. The number of carboxylic acid groups (broad SMARTS) is 1. The minimum absolute atomic E-state index is 0.00852. The zero-order valence-corrected chi connectivity index (χ0v) is 11.4. The fourth-order valence-electron chi connectivity index (χ4n) is 2.99. The standard InChI is InChI=1S/C16H20O3/c1-10(2)11-6-3-4-7-12(11)15(17)13-8-5-9-14(13)16(18)19/h3-4,6-7,10,13-14H,5,8-9H2,1-2H3,(H,18,19)/t13-,14-/m0/s1. The Morgan fingerprint density at radius 3 is 2.42 bits per heavy atom. The summed E-state index contributed by atoms with van der Waals surface area (Å²) in [5.74, 6) is -1.41. The molecule has 0 amide bonds. The molecule has 0 spiro atoms. The Hall–Kier alpha value is -1.64. The molecule has 1 aliphatic rings. The Morgan fingerprint density at radius 1 is 1.16 bits per heavy atom. The van der Waals surface area contributed by atoms with Gasteiger partial charge in [-0.3, -0.25) is 9.59 Å². The first-order valence-electron chi connectivity index (χ1n) is 6.88. The van der Waals surface area contributed by atoms with Crippen LogP contribution in [-0.2, 0) is 4.79 Å². The van der Waals surface area contributed by atoms with Gasteiger partial charge in [0, 0.05) is 11.5 Å². The van der Waals surface area contributed by atoms with E-state index in [9.17, 15) is 14.7 Å². The minimum Gasteiger partial charge on any atom is -0.481 e. The number of rotatable bonds is 4. The second-order valence-electron chi connectivity index (χ2n) is 5.59. The number of Topliss-reactive ketones (excluding diaryl/α,β-unsaturated/α-hetero) is 1. The normalized spacial score (nSPS) is 22.7. The summed E-state index contributed by atoms with van der Waals surface area (Å²) in [5.41, 5.74) is 1.72. The van der Waals surface area contributed by atoms with E-state index in [-0.39, 0.29) is 17.6 Å². The Morgan fingerprint density at radius 2 is 1.79 bits per heavy atom. The molecule has 19 heavy (non-hydrogen) atoms. The van der Waals surface area contributed by atoms with Crippen LogP contribution in [0.4, 0.5) is 0 Å². The fraction of sp³-hybridized carbons (Fsp3) is 0.500. The Balaban J connectivity index is 2.32. The maximum Gasteiger partial charge on any atom is 0.307 e. The van der Waals surface area contributed by atoms with E-state index in [4.69, 9.17) is 0 Å². The van der Waals surface area contributed by atoms with E-state index in [1.54, 1.807) is 0 Å². The van der Waals surface area contributed by atoms with E-state index < -0.39 is 11.9 Å². The minimum atomic E-state index is -0.835. The van der Waals surface area contributed by atoms with Gasteiger partial charge >= 0.3 is 5.97 Å². The lowest BCUT2D eigenvalue weighted by Crippen LogP contribution is -2.26. The van der Waals surface area contributed by atoms with Crippen molar-refractivity contribution in [3.05, 3.63) is 35.4 Å². The quantitative estimate of drug-likeness (QED) is 0.843. The van der Waals surface area contributed by atoms with Gasteiger partial charge in [0.05, 0.1) is 5.92 Å². The van der Waals surface area contributed by atoms with Crippen molar-refractivity contribution in [1.82, 2.24) is 0 Å². The van der Waals surface area contributed by atoms with E-state index >= 15 is 0 Å². The van der Waals surface area contributed by atoms with Gasteiger partial charge in [-0.15, -0.1) is 0 Å². The highest BCUT2D eigenvalue weighted by Gasteiger charge is 2.38. The van der Waals surface area contributed by atoms with Gasteiger partial charge in [-0.05, 0) is 24.3 Å². The molecule has 0 saturated heterocycles. The topological polar surface area (TPSA) is 54.4 Å². The van der Waals surface area contributed by atoms with E-state index in [2.05, 4.69) is 13.8 Å². The van der Waals surface area contributed by atoms with Gasteiger partial charge in [0.15, 0.2) is 5.78 Å². The van der Waals surface area contributed by atoms with Gasteiger partial charge < -0.3 is 5.11 Å². The van der Waals surface area contributed by atoms with Crippen molar-refractivity contribution < 1.29 is 14.7 Å². The number of benzene rings is 1. The summed E-state index contributed by atoms with van der Waals surface area (Å²) in [6, 6.07) is 7.57. The van der Waals surface area contributed by atoms with Gasteiger partial charge in [-0.1, -0.05) is 44.5 Å². The molecule has 2 atom stereocenters. The summed E-state index contributed by atoms with van der Waals surface area (Å²) >= 11 is 0. The molecule has 0 heterocycles. The first-order chi connectivity index (χ1) is 9.02. The van der Waals surface area contributed by atoms with Crippen molar-refractivity contribution in [2.45, 2.75) is 39.0 Å². The van der Waals surface area contributed by atoms with Gasteiger partial charge in [0.25, 0.3) is 0 Å². The van der Waals surface area contributed by atoms with Crippen LogP contribution in [0.15, 0.2) is 24.3 Å². The highest BCUT2D eigenvalue weighted by atomic mass is 16.4. The SMILES string of the molecule is CC(C)c1ccccc1C(=O)[C@H]1CCC[C@@H]1C(=O)O. The predicted octanol–water partition coefficient (Wildman–Crippen LogP) is 3.49. The van der Waals surface area contributed by atoms with Gasteiger partial charge in [0.1, 0.15) is 0 Å². The third-order valence-corrected chi connectivity index (χ3v) is 4.02. The maximum atomic E-state index is 12.6. The van der Waals surface area contributed by atoms with Gasteiger partial charge in [-0.25, -0.2) is 0 Å². The smallest absolute Gasteiger partial charge is 0.307 e. The summed E-state index contributed by atoms with van der Waals surface area (Å²) in [5, 5.41) is 9.21. The first kappa shape index (κ1) is 13.8. The molecule has 1 aromatic carbocycles. The zero-order valence-electron chi connectivity index (χ0n) is 11.4. The average Bonchev–Trinajstić information content (AvgIpc) is 2.87. The number of aliphatic carboxylic acids is 1.